The molecule has 154 valence electrons. The van der Waals surface area contributed by atoms with Crippen molar-refractivity contribution in [3.05, 3.63) is 65.2 Å². The van der Waals surface area contributed by atoms with Gasteiger partial charge in [-0.15, -0.1) is 0 Å². The lowest BCUT2D eigenvalue weighted by atomic mass is 10.1. The molecule has 2 N–H and O–H groups in total. The highest BCUT2D eigenvalue weighted by molar-refractivity contribution is 5.80. The number of nitrogens with zero attached hydrogens (tertiary/aromatic N) is 1. The number of nitrogens with one attached hydrogen (secondary N) is 2. The van der Waals surface area contributed by atoms with Crippen LogP contribution in [0.15, 0.2) is 53.5 Å². The van der Waals surface area contributed by atoms with Crippen LogP contribution in [-0.4, -0.2) is 37.9 Å². The summed E-state index contributed by atoms with van der Waals surface area (Å²) in [7, 11) is 0. The third kappa shape index (κ3) is 5.30. The first kappa shape index (κ1) is 19.8. The van der Waals surface area contributed by atoms with Crippen molar-refractivity contribution in [2.75, 3.05) is 19.8 Å². The molecule has 2 fully saturated rings. The van der Waals surface area contributed by atoms with Crippen molar-refractivity contribution in [2.45, 2.75) is 51.3 Å². The van der Waals surface area contributed by atoms with Gasteiger partial charge in [0.25, 0.3) is 0 Å². The predicted molar refractivity (Wildman–Crippen MR) is 117 cm³/mol. The van der Waals surface area contributed by atoms with Gasteiger partial charge in [0.05, 0.1) is 19.8 Å². The maximum absolute atomic E-state index is 6.21. The van der Waals surface area contributed by atoms with E-state index in [2.05, 4.69) is 73.0 Å². The van der Waals surface area contributed by atoms with E-state index in [0.29, 0.717) is 25.1 Å². The van der Waals surface area contributed by atoms with Crippen LogP contribution in [0.2, 0.25) is 0 Å². The second-order valence-corrected chi connectivity index (χ2v) is 7.91. The molecule has 0 amide bonds. The Morgan fingerprint density at radius 1 is 1.21 bits per heavy atom. The maximum atomic E-state index is 6.21. The van der Waals surface area contributed by atoms with Gasteiger partial charge in [0, 0.05) is 30.5 Å². The van der Waals surface area contributed by atoms with Crippen LogP contribution in [0, 0.1) is 6.92 Å². The summed E-state index contributed by atoms with van der Waals surface area (Å²) in [5.41, 5.74) is 3.70. The fraction of sp³-hybridized carbons (Fsp3) is 0.458. The molecule has 1 saturated heterocycles. The summed E-state index contributed by atoms with van der Waals surface area (Å²) in [6.07, 6.45) is 2.24. The van der Waals surface area contributed by atoms with Crippen molar-refractivity contribution in [2.24, 2.45) is 4.99 Å². The first-order valence-corrected chi connectivity index (χ1v) is 10.7. The van der Waals surface area contributed by atoms with E-state index >= 15 is 0 Å². The van der Waals surface area contributed by atoms with E-state index in [4.69, 9.17) is 14.5 Å². The number of benzene rings is 2. The van der Waals surface area contributed by atoms with Gasteiger partial charge in [-0.05, 0) is 37.5 Å². The van der Waals surface area contributed by atoms with Gasteiger partial charge in [0.15, 0.2) is 5.96 Å². The molecule has 2 aromatic rings. The summed E-state index contributed by atoms with van der Waals surface area (Å²) in [5.74, 6) is 2.36. The van der Waals surface area contributed by atoms with Gasteiger partial charge in [0.2, 0.25) is 0 Å². The molecule has 4 rings (SSSR count). The van der Waals surface area contributed by atoms with Crippen LogP contribution in [0.4, 0.5) is 0 Å². The molecule has 2 aromatic carbocycles. The van der Waals surface area contributed by atoms with Crippen LogP contribution in [0.5, 0.6) is 5.75 Å². The molecule has 0 bridgehead atoms. The Balaban J connectivity index is 1.41. The zero-order valence-corrected chi connectivity index (χ0v) is 17.4. The molecule has 1 aliphatic heterocycles. The highest BCUT2D eigenvalue weighted by Gasteiger charge is 2.38. The number of rotatable bonds is 7. The summed E-state index contributed by atoms with van der Waals surface area (Å²) in [5, 5.41) is 6.97. The van der Waals surface area contributed by atoms with E-state index in [-0.39, 0.29) is 6.10 Å². The van der Waals surface area contributed by atoms with Crippen LogP contribution < -0.4 is 15.4 Å². The molecule has 0 spiro atoms. The summed E-state index contributed by atoms with van der Waals surface area (Å²) in [6.45, 7) is 7.06. The first-order chi connectivity index (χ1) is 14.2. The fourth-order valence-electron chi connectivity index (χ4n) is 3.77. The monoisotopic (exact) mass is 393 g/mol. The topological polar surface area (TPSA) is 54.9 Å². The number of guanidine groups is 1. The largest absolute Gasteiger partial charge is 0.488 e. The van der Waals surface area contributed by atoms with E-state index in [1.807, 2.05) is 0 Å². The van der Waals surface area contributed by atoms with Gasteiger partial charge in [-0.25, -0.2) is 4.99 Å². The van der Waals surface area contributed by atoms with Crippen molar-refractivity contribution in [3.8, 4) is 5.75 Å². The molecule has 1 aliphatic carbocycles. The fourth-order valence-corrected chi connectivity index (χ4v) is 3.77. The molecule has 1 saturated carbocycles. The van der Waals surface area contributed by atoms with E-state index in [1.54, 1.807) is 0 Å². The number of hydrogen-bond donors (Lipinski definition) is 2. The molecule has 0 radical (unpaired) electrons. The normalized spacial score (nSPS) is 23.7. The number of aryl methyl sites for hydroxylation is 1. The second kappa shape index (κ2) is 9.31. The Bertz CT molecular complexity index is 831. The number of aliphatic imine (C=N–C) groups is 1. The Hall–Kier alpha value is -2.53. The van der Waals surface area contributed by atoms with Crippen LogP contribution in [0.1, 0.15) is 42.4 Å². The molecule has 3 unspecified atom stereocenters. The summed E-state index contributed by atoms with van der Waals surface area (Å²) >= 11 is 0. The average molecular weight is 394 g/mol. The average Bonchev–Trinajstić information content (AvgIpc) is 3.31. The van der Waals surface area contributed by atoms with Gasteiger partial charge < -0.3 is 20.1 Å². The van der Waals surface area contributed by atoms with Gasteiger partial charge in [0.1, 0.15) is 11.9 Å². The molecule has 5 heteroatoms. The minimum absolute atomic E-state index is 0.143. The van der Waals surface area contributed by atoms with Gasteiger partial charge in [-0.2, -0.15) is 0 Å². The predicted octanol–water partition coefficient (Wildman–Crippen LogP) is 3.77. The van der Waals surface area contributed by atoms with Crippen molar-refractivity contribution >= 4 is 5.96 Å². The second-order valence-electron chi connectivity index (χ2n) is 7.91. The van der Waals surface area contributed by atoms with E-state index in [9.17, 15) is 0 Å². The zero-order valence-electron chi connectivity index (χ0n) is 17.4. The molecule has 29 heavy (non-hydrogen) atoms. The SMILES string of the molecule is CCNC(=NCc1ccc(C)cc1OC1CCOC1)NC1CC1c1ccccc1. The minimum atomic E-state index is 0.143. The Kier molecular flexibility index (Phi) is 6.35. The van der Waals surface area contributed by atoms with Crippen molar-refractivity contribution < 1.29 is 9.47 Å². The highest BCUT2D eigenvalue weighted by Crippen LogP contribution is 2.40. The maximum Gasteiger partial charge on any atom is 0.191 e. The smallest absolute Gasteiger partial charge is 0.191 e. The molecular weight excluding hydrogens is 362 g/mol. The molecule has 2 aliphatic rings. The molecule has 1 heterocycles. The van der Waals surface area contributed by atoms with Crippen LogP contribution >= 0.6 is 0 Å². The first-order valence-electron chi connectivity index (χ1n) is 10.7. The minimum Gasteiger partial charge on any atom is -0.488 e. The lowest BCUT2D eigenvalue weighted by Gasteiger charge is -2.16. The zero-order chi connectivity index (χ0) is 20.1. The Morgan fingerprint density at radius 2 is 2.07 bits per heavy atom. The van der Waals surface area contributed by atoms with Crippen LogP contribution in [0.25, 0.3) is 0 Å². The van der Waals surface area contributed by atoms with Gasteiger partial charge in [-0.3, -0.25) is 0 Å². The van der Waals surface area contributed by atoms with Gasteiger partial charge >= 0.3 is 0 Å². The standard InChI is InChI=1S/C24H31N3O2/c1-3-25-24(27-22-14-21(22)18-7-5-4-6-8-18)26-15-19-10-9-17(2)13-23(19)29-20-11-12-28-16-20/h4-10,13,20-22H,3,11-12,14-16H2,1-2H3,(H2,25,26,27). The quantitative estimate of drug-likeness (QED) is 0.555. The van der Waals surface area contributed by atoms with E-state index in [0.717, 1.165) is 43.3 Å². The van der Waals surface area contributed by atoms with Crippen molar-refractivity contribution in [1.29, 1.82) is 0 Å². The van der Waals surface area contributed by atoms with Crippen molar-refractivity contribution in [1.82, 2.24) is 10.6 Å². The highest BCUT2D eigenvalue weighted by atomic mass is 16.5. The summed E-state index contributed by atoms with van der Waals surface area (Å²) < 4.78 is 11.7. The third-order valence-corrected chi connectivity index (χ3v) is 5.50. The molecule has 3 atom stereocenters. The summed E-state index contributed by atoms with van der Waals surface area (Å²) in [6, 6.07) is 17.5. The summed E-state index contributed by atoms with van der Waals surface area (Å²) in [4.78, 5) is 4.84. The Morgan fingerprint density at radius 3 is 2.83 bits per heavy atom. The lowest BCUT2D eigenvalue weighted by molar-refractivity contribution is 0.140. The van der Waals surface area contributed by atoms with E-state index < -0.39 is 0 Å². The van der Waals surface area contributed by atoms with Crippen LogP contribution in [0.3, 0.4) is 0 Å². The molecule has 0 aromatic heterocycles. The lowest BCUT2D eigenvalue weighted by Crippen LogP contribution is -2.39. The van der Waals surface area contributed by atoms with Crippen molar-refractivity contribution in [3.63, 3.8) is 0 Å². The third-order valence-electron chi connectivity index (χ3n) is 5.50. The number of hydrogen-bond acceptors (Lipinski definition) is 3. The molecule has 5 nitrogen and oxygen atoms in total. The molecular formula is C24H31N3O2. The van der Waals surface area contributed by atoms with Gasteiger partial charge in [-0.1, -0.05) is 42.5 Å². The Labute approximate surface area is 173 Å². The van der Waals surface area contributed by atoms with E-state index in [1.165, 1.54) is 11.1 Å². The van der Waals surface area contributed by atoms with Crippen LogP contribution in [-0.2, 0) is 11.3 Å². The number of ether oxygens (including phenoxy) is 2.